The van der Waals surface area contributed by atoms with Crippen LogP contribution in [-0.2, 0) is 6.54 Å². The second-order valence-corrected chi connectivity index (χ2v) is 4.25. The van der Waals surface area contributed by atoms with Gasteiger partial charge >= 0.3 is 0 Å². The Hall–Kier alpha value is -1.47. The van der Waals surface area contributed by atoms with Gasteiger partial charge in [-0.25, -0.2) is 10.8 Å². The molecule has 0 bridgehead atoms. The standard InChI is InChI=1S/C8H12N6S/c1-5-6(2)14(4-10-5)3-7-12-13-8(11-9)15-7/h4H,3,9H2,1-2H3,(H,11,13). The summed E-state index contributed by atoms with van der Waals surface area (Å²) in [6, 6.07) is 0. The van der Waals surface area contributed by atoms with Gasteiger partial charge < -0.3 is 4.57 Å². The molecule has 0 fully saturated rings. The number of hydrogen-bond acceptors (Lipinski definition) is 6. The van der Waals surface area contributed by atoms with E-state index in [1.54, 1.807) is 0 Å². The van der Waals surface area contributed by atoms with Crippen LogP contribution in [0.2, 0.25) is 0 Å². The lowest BCUT2D eigenvalue weighted by Crippen LogP contribution is -2.05. The minimum Gasteiger partial charge on any atom is -0.328 e. The Bertz CT molecular complexity index is 459. The smallest absolute Gasteiger partial charge is 0.219 e. The van der Waals surface area contributed by atoms with Crippen LogP contribution in [0.1, 0.15) is 16.4 Å². The quantitative estimate of drug-likeness (QED) is 0.592. The van der Waals surface area contributed by atoms with E-state index >= 15 is 0 Å². The maximum absolute atomic E-state index is 5.23. The van der Waals surface area contributed by atoms with Gasteiger partial charge in [0.2, 0.25) is 5.13 Å². The summed E-state index contributed by atoms with van der Waals surface area (Å²) in [5.74, 6) is 5.23. The molecule has 0 aliphatic carbocycles. The molecule has 80 valence electrons. The molecule has 0 radical (unpaired) electrons. The summed E-state index contributed by atoms with van der Waals surface area (Å²) in [6.07, 6.45) is 1.81. The van der Waals surface area contributed by atoms with E-state index in [0.29, 0.717) is 11.7 Å². The summed E-state index contributed by atoms with van der Waals surface area (Å²) in [5, 5.41) is 9.41. The molecular formula is C8H12N6S. The average Bonchev–Trinajstić information content (AvgIpc) is 2.80. The molecule has 0 aliphatic rings. The highest BCUT2D eigenvalue weighted by atomic mass is 32.1. The number of nitrogens with two attached hydrogens (primary N) is 1. The summed E-state index contributed by atoms with van der Waals surface area (Å²) in [5.41, 5.74) is 4.66. The van der Waals surface area contributed by atoms with Crippen LogP contribution in [0.5, 0.6) is 0 Å². The third-order valence-corrected chi connectivity index (χ3v) is 3.08. The first-order valence-electron chi connectivity index (χ1n) is 4.48. The molecule has 7 heteroatoms. The molecule has 0 unspecified atom stereocenters. The fraction of sp³-hybridized carbons (Fsp3) is 0.375. The Morgan fingerprint density at radius 1 is 1.47 bits per heavy atom. The van der Waals surface area contributed by atoms with Crippen molar-refractivity contribution in [2.24, 2.45) is 5.84 Å². The summed E-state index contributed by atoms with van der Waals surface area (Å²) < 4.78 is 2.04. The molecule has 6 nitrogen and oxygen atoms in total. The molecule has 2 aromatic rings. The molecule has 2 heterocycles. The number of aryl methyl sites for hydroxylation is 1. The Morgan fingerprint density at radius 3 is 2.80 bits per heavy atom. The zero-order valence-corrected chi connectivity index (χ0v) is 9.38. The summed E-state index contributed by atoms with van der Waals surface area (Å²) in [4.78, 5) is 4.22. The lowest BCUT2D eigenvalue weighted by molar-refractivity contribution is 0.752. The monoisotopic (exact) mass is 224 g/mol. The molecule has 2 rings (SSSR count). The lowest BCUT2D eigenvalue weighted by atomic mass is 10.4. The summed E-state index contributed by atoms with van der Waals surface area (Å²) in [7, 11) is 0. The molecule has 0 saturated carbocycles. The van der Waals surface area contributed by atoms with E-state index in [4.69, 9.17) is 5.84 Å². The average molecular weight is 224 g/mol. The third-order valence-electron chi connectivity index (χ3n) is 2.24. The maximum atomic E-state index is 5.23. The van der Waals surface area contributed by atoms with Crippen molar-refractivity contribution < 1.29 is 0 Å². The lowest BCUT2D eigenvalue weighted by Gasteiger charge is -2.00. The molecule has 0 aliphatic heterocycles. The van der Waals surface area contributed by atoms with Crippen molar-refractivity contribution in [1.29, 1.82) is 0 Å². The fourth-order valence-corrected chi connectivity index (χ4v) is 1.87. The van der Waals surface area contributed by atoms with Gasteiger partial charge in [0.1, 0.15) is 5.01 Å². The first-order valence-corrected chi connectivity index (χ1v) is 5.29. The molecule has 0 spiro atoms. The van der Waals surface area contributed by atoms with Crippen molar-refractivity contribution >= 4 is 16.5 Å². The molecule has 0 atom stereocenters. The molecule has 15 heavy (non-hydrogen) atoms. The topological polar surface area (TPSA) is 81.7 Å². The van der Waals surface area contributed by atoms with Crippen molar-refractivity contribution in [2.45, 2.75) is 20.4 Å². The minimum absolute atomic E-state index is 0.625. The van der Waals surface area contributed by atoms with Gasteiger partial charge in [-0.1, -0.05) is 11.3 Å². The van der Waals surface area contributed by atoms with Gasteiger partial charge in [0.05, 0.1) is 18.6 Å². The third kappa shape index (κ3) is 1.97. The molecule has 0 saturated heterocycles. The number of aromatic nitrogens is 4. The van der Waals surface area contributed by atoms with Crippen LogP contribution in [0.3, 0.4) is 0 Å². The fourth-order valence-electron chi connectivity index (χ4n) is 1.23. The number of anilines is 1. The Balaban J connectivity index is 2.18. The molecule has 0 amide bonds. The number of rotatable bonds is 3. The highest BCUT2D eigenvalue weighted by molar-refractivity contribution is 7.15. The Labute approximate surface area is 91.1 Å². The normalized spacial score (nSPS) is 10.6. The highest BCUT2D eigenvalue weighted by Gasteiger charge is 2.06. The molecule has 2 aromatic heterocycles. The van der Waals surface area contributed by atoms with E-state index in [0.717, 1.165) is 16.4 Å². The summed E-state index contributed by atoms with van der Waals surface area (Å²) in [6.45, 7) is 4.70. The molecule has 3 N–H and O–H groups in total. The van der Waals surface area contributed by atoms with E-state index < -0.39 is 0 Å². The predicted molar refractivity (Wildman–Crippen MR) is 58.5 cm³/mol. The van der Waals surface area contributed by atoms with Gasteiger partial charge in [-0.2, -0.15) is 0 Å². The number of nitrogens with zero attached hydrogens (tertiary/aromatic N) is 4. The number of nitrogens with one attached hydrogen (secondary N) is 1. The number of hydrogen-bond donors (Lipinski definition) is 2. The van der Waals surface area contributed by atoms with E-state index in [-0.39, 0.29) is 0 Å². The van der Waals surface area contributed by atoms with E-state index in [1.807, 2.05) is 24.7 Å². The number of imidazole rings is 1. The van der Waals surface area contributed by atoms with Crippen molar-refractivity contribution in [1.82, 2.24) is 19.7 Å². The van der Waals surface area contributed by atoms with Gasteiger partial charge in [0.25, 0.3) is 0 Å². The number of hydrazine groups is 1. The van der Waals surface area contributed by atoms with Gasteiger partial charge in [0.15, 0.2) is 0 Å². The van der Waals surface area contributed by atoms with Crippen LogP contribution in [0.15, 0.2) is 6.33 Å². The van der Waals surface area contributed by atoms with E-state index in [1.165, 1.54) is 11.3 Å². The van der Waals surface area contributed by atoms with Crippen molar-refractivity contribution in [2.75, 3.05) is 5.43 Å². The van der Waals surface area contributed by atoms with Crippen molar-refractivity contribution in [3.05, 3.63) is 22.7 Å². The second-order valence-electron chi connectivity index (χ2n) is 3.19. The zero-order valence-electron chi connectivity index (χ0n) is 8.56. The highest BCUT2D eigenvalue weighted by Crippen LogP contribution is 2.16. The summed E-state index contributed by atoms with van der Waals surface area (Å²) >= 11 is 1.44. The Kier molecular flexibility index (Phi) is 2.65. The number of nitrogen functional groups attached to an aromatic ring is 1. The largest absolute Gasteiger partial charge is 0.328 e. The first kappa shape index (κ1) is 10.1. The van der Waals surface area contributed by atoms with Crippen LogP contribution in [0.4, 0.5) is 5.13 Å². The van der Waals surface area contributed by atoms with Gasteiger partial charge in [-0.15, -0.1) is 10.2 Å². The van der Waals surface area contributed by atoms with Crippen LogP contribution in [0, 0.1) is 13.8 Å². The van der Waals surface area contributed by atoms with E-state index in [9.17, 15) is 0 Å². The van der Waals surface area contributed by atoms with Crippen LogP contribution in [-0.4, -0.2) is 19.7 Å². The zero-order chi connectivity index (χ0) is 10.8. The second kappa shape index (κ2) is 3.95. The minimum atomic E-state index is 0.625. The van der Waals surface area contributed by atoms with Crippen LogP contribution in [0.25, 0.3) is 0 Å². The van der Waals surface area contributed by atoms with Crippen LogP contribution < -0.4 is 11.3 Å². The molecular weight excluding hydrogens is 212 g/mol. The molecule has 0 aromatic carbocycles. The Morgan fingerprint density at radius 2 is 2.27 bits per heavy atom. The van der Waals surface area contributed by atoms with Crippen molar-refractivity contribution in [3.8, 4) is 0 Å². The predicted octanol–water partition coefficient (Wildman–Crippen LogP) is 0.685. The van der Waals surface area contributed by atoms with Crippen LogP contribution >= 0.6 is 11.3 Å². The van der Waals surface area contributed by atoms with Gasteiger partial charge in [-0.05, 0) is 13.8 Å². The first-order chi connectivity index (χ1) is 7.20. The SMILES string of the molecule is Cc1ncn(Cc2nnc(NN)s2)c1C. The van der Waals surface area contributed by atoms with E-state index in [2.05, 4.69) is 20.6 Å². The maximum Gasteiger partial charge on any atom is 0.219 e. The van der Waals surface area contributed by atoms with Crippen molar-refractivity contribution in [3.63, 3.8) is 0 Å². The van der Waals surface area contributed by atoms with Gasteiger partial charge in [0, 0.05) is 5.69 Å². The van der Waals surface area contributed by atoms with Gasteiger partial charge in [-0.3, -0.25) is 5.43 Å².